The Morgan fingerprint density at radius 1 is 1.10 bits per heavy atom. The van der Waals surface area contributed by atoms with E-state index in [-0.39, 0.29) is 5.82 Å². The first kappa shape index (κ1) is 15.7. The van der Waals surface area contributed by atoms with Crippen LogP contribution in [0.15, 0.2) is 42.5 Å². The van der Waals surface area contributed by atoms with Crippen LogP contribution in [-0.4, -0.2) is 13.1 Å². The molecule has 1 unspecified atom stereocenters. The molecule has 0 aliphatic rings. The van der Waals surface area contributed by atoms with Crippen molar-refractivity contribution in [1.29, 1.82) is 0 Å². The summed E-state index contributed by atoms with van der Waals surface area (Å²) in [6.07, 6.45) is 0.861. The average molecular weight is 285 g/mol. The molecule has 1 atom stereocenters. The summed E-state index contributed by atoms with van der Waals surface area (Å²) in [5.74, 6) is 0.215. The maximum Gasteiger partial charge on any atom is 0.123 e. The van der Waals surface area contributed by atoms with Crippen LogP contribution in [0.2, 0.25) is 0 Å². The number of hydrogen-bond acceptors (Lipinski definition) is 1. The van der Waals surface area contributed by atoms with Gasteiger partial charge < -0.3 is 5.32 Å². The van der Waals surface area contributed by atoms with Crippen molar-refractivity contribution >= 4 is 0 Å². The van der Waals surface area contributed by atoms with Gasteiger partial charge in [-0.3, -0.25) is 0 Å². The molecule has 0 saturated carbocycles. The third-order valence-electron chi connectivity index (χ3n) is 3.93. The third kappa shape index (κ3) is 4.40. The first-order valence-electron chi connectivity index (χ1n) is 7.62. The fourth-order valence-corrected chi connectivity index (χ4v) is 2.68. The van der Waals surface area contributed by atoms with Crippen LogP contribution in [0.5, 0.6) is 0 Å². The van der Waals surface area contributed by atoms with E-state index in [1.54, 1.807) is 6.07 Å². The van der Waals surface area contributed by atoms with Gasteiger partial charge in [0, 0.05) is 12.5 Å². The lowest BCUT2D eigenvalue weighted by Crippen LogP contribution is -2.23. The van der Waals surface area contributed by atoms with E-state index in [1.165, 1.54) is 17.2 Å². The van der Waals surface area contributed by atoms with E-state index in [0.717, 1.165) is 30.6 Å². The van der Waals surface area contributed by atoms with Crippen molar-refractivity contribution in [2.24, 2.45) is 0 Å². The highest BCUT2D eigenvalue weighted by atomic mass is 19.1. The normalized spacial score (nSPS) is 12.4. The van der Waals surface area contributed by atoms with E-state index in [1.807, 2.05) is 6.07 Å². The van der Waals surface area contributed by atoms with Crippen molar-refractivity contribution < 1.29 is 4.39 Å². The average Bonchev–Trinajstić information content (AvgIpc) is 2.47. The van der Waals surface area contributed by atoms with Crippen molar-refractivity contribution in [3.8, 4) is 0 Å². The zero-order valence-electron chi connectivity index (χ0n) is 13.1. The quantitative estimate of drug-likeness (QED) is 0.830. The van der Waals surface area contributed by atoms with Gasteiger partial charge in [-0.25, -0.2) is 4.39 Å². The topological polar surface area (TPSA) is 12.0 Å². The van der Waals surface area contributed by atoms with Gasteiger partial charge in [-0.2, -0.15) is 0 Å². The lowest BCUT2D eigenvalue weighted by Gasteiger charge is -2.19. The number of hydrogen-bond donors (Lipinski definition) is 1. The van der Waals surface area contributed by atoms with Gasteiger partial charge in [-0.05, 0) is 55.6 Å². The van der Waals surface area contributed by atoms with Crippen LogP contribution in [0.25, 0.3) is 0 Å². The minimum atomic E-state index is -0.151. The zero-order chi connectivity index (χ0) is 15.2. The molecule has 21 heavy (non-hydrogen) atoms. The van der Waals surface area contributed by atoms with Crippen LogP contribution in [0.3, 0.4) is 0 Å². The van der Waals surface area contributed by atoms with E-state index in [9.17, 15) is 4.39 Å². The van der Waals surface area contributed by atoms with Crippen LogP contribution in [0.1, 0.15) is 35.1 Å². The lowest BCUT2D eigenvalue weighted by atomic mass is 9.89. The number of benzene rings is 2. The summed E-state index contributed by atoms with van der Waals surface area (Å²) in [6.45, 7) is 8.14. The second kappa shape index (κ2) is 7.37. The van der Waals surface area contributed by atoms with Gasteiger partial charge in [0.05, 0.1) is 0 Å². The first-order valence-corrected chi connectivity index (χ1v) is 7.62. The molecule has 0 heterocycles. The summed E-state index contributed by atoms with van der Waals surface area (Å²) < 4.78 is 13.5. The molecule has 2 rings (SSSR count). The largest absolute Gasteiger partial charge is 0.316 e. The smallest absolute Gasteiger partial charge is 0.123 e. The van der Waals surface area contributed by atoms with Crippen LogP contribution in [0, 0.1) is 19.7 Å². The summed E-state index contributed by atoms with van der Waals surface area (Å²) in [4.78, 5) is 0. The monoisotopic (exact) mass is 285 g/mol. The SMILES string of the molecule is CCNCC(Cc1cc(F)ccc1C)c1cccc(C)c1. The molecular weight excluding hydrogens is 261 g/mol. The number of rotatable bonds is 6. The Morgan fingerprint density at radius 2 is 1.90 bits per heavy atom. The number of halogens is 1. The Hall–Kier alpha value is -1.67. The van der Waals surface area contributed by atoms with Crippen LogP contribution < -0.4 is 5.32 Å². The van der Waals surface area contributed by atoms with E-state index in [2.05, 4.69) is 50.4 Å². The van der Waals surface area contributed by atoms with Crippen LogP contribution in [0.4, 0.5) is 4.39 Å². The molecular formula is C19H24FN. The number of nitrogens with one attached hydrogen (secondary N) is 1. The molecule has 0 spiro atoms. The van der Waals surface area contributed by atoms with Gasteiger partial charge in [0.25, 0.3) is 0 Å². The Balaban J connectivity index is 2.25. The molecule has 0 saturated heterocycles. The summed E-state index contributed by atoms with van der Waals surface area (Å²) in [6, 6.07) is 13.7. The predicted molar refractivity (Wildman–Crippen MR) is 87.3 cm³/mol. The summed E-state index contributed by atoms with van der Waals surface area (Å²) in [5, 5.41) is 3.43. The fraction of sp³-hybridized carbons (Fsp3) is 0.368. The van der Waals surface area contributed by atoms with Crippen molar-refractivity contribution in [1.82, 2.24) is 5.32 Å². The van der Waals surface area contributed by atoms with Crippen molar-refractivity contribution in [2.45, 2.75) is 33.1 Å². The Labute approximate surface area is 127 Å². The molecule has 0 radical (unpaired) electrons. The van der Waals surface area contributed by atoms with E-state index in [0.29, 0.717) is 5.92 Å². The van der Waals surface area contributed by atoms with Gasteiger partial charge >= 0.3 is 0 Å². The van der Waals surface area contributed by atoms with Gasteiger partial charge in [0.2, 0.25) is 0 Å². The van der Waals surface area contributed by atoms with Crippen molar-refractivity contribution in [2.75, 3.05) is 13.1 Å². The number of aryl methyl sites for hydroxylation is 2. The van der Waals surface area contributed by atoms with Crippen molar-refractivity contribution in [3.63, 3.8) is 0 Å². The molecule has 0 fully saturated rings. The Kier molecular flexibility index (Phi) is 5.51. The van der Waals surface area contributed by atoms with Gasteiger partial charge in [-0.1, -0.05) is 42.8 Å². The maximum atomic E-state index is 13.5. The third-order valence-corrected chi connectivity index (χ3v) is 3.93. The fourth-order valence-electron chi connectivity index (χ4n) is 2.68. The van der Waals surface area contributed by atoms with E-state index < -0.39 is 0 Å². The second-order valence-electron chi connectivity index (χ2n) is 5.69. The minimum absolute atomic E-state index is 0.151. The molecule has 112 valence electrons. The standard InChI is InChI=1S/C19H24FN/c1-4-21-13-18(16-7-5-6-14(2)10-16)11-17-12-19(20)9-8-15(17)3/h5-10,12,18,21H,4,11,13H2,1-3H3. The highest BCUT2D eigenvalue weighted by Crippen LogP contribution is 2.23. The summed E-state index contributed by atoms with van der Waals surface area (Å²) in [5.41, 5.74) is 4.84. The molecule has 2 aromatic carbocycles. The Bertz CT molecular complexity index is 592. The summed E-state index contributed by atoms with van der Waals surface area (Å²) >= 11 is 0. The maximum absolute atomic E-state index is 13.5. The zero-order valence-corrected chi connectivity index (χ0v) is 13.1. The van der Waals surface area contributed by atoms with Crippen LogP contribution >= 0.6 is 0 Å². The lowest BCUT2D eigenvalue weighted by molar-refractivity contribution is 0.587. The molecule has 1 N–H and O–H groups in total. The molecule has 0 bridgehead atoms. The molecule has 2 heteroatoms. The van der Waals surface area contributed by atoms with Crippen molar-refractivity contribution in [3.05, 3.63) is 70.5 Å². The molecule has 2 aromatic rings. The number of likely N-dealkylation sites (N-methyl/N-ethyl adjacent to an activating group) is 1. The summed E-state index contributed by atoms with van der Waals surface area (Å²) in [7, 11) is 0. The van der Waals surface area contributed by atoms with Gasteiger partial charge in [-0.15, -0.1) is 0 Å². The minimum Gasteiger partial charge on any atom is -0.316 e. The van der Waals surface area contributed by atoms with Gasteiger partial charge in [0.15, 0.2) is 0 Å². The molecule has 0 amide bonds. The highest BCUT2D eigenvalue weighted by Gasteiger charge is 2.14. The molecule has 0 aromatic heterocycles. The second-order valence-corrected chi connectivity index (χ2v) is 5.69. The molecule has 0 aliphatic heterocycles. The predicted octanol–water partition coefficient (Wildman–Crippen LogP) is 4.38. The van der Waals surface area contributed by atoms with E-state index >= 15 is 0 Å². The highest BCUT2D eigenvalue weighted by molar-refractivity contribution is 5.32. The van der Waals surface area contributed by atoms with Gasteiger partial charge in [0.1, 0.15) is 5.82 Å². The molecule has 0 aliphatic carbocycles. The van der Waals surface area contributed by atoms with Crippen LogP contribution in [-0.2, 0) is 6.42 Å². The van der Waals surface area contributed by atoms with E-state index in [4.69, 9.17) is 0 Å². The molecule has 1 nitrogen and oxygen atoms in total. The first-order chi connectivity index (χ1) is 10.1. The Morgan fingerprint density at radius 3 is 2.62 bits per heavy atom.